The van der Waals surface area contributed by atoms with Crippen LogP contribution in [-0.4, -0.2) is 11.1 Å². The Morgan fingerprint density at radius 1 is 1.08 bits per heavy atom. The van der Waals surface area contributed by atoms with Crippen LogP contribution < -0.4 is 0 Å². The molecule has 2 heteroatoms. The summed E-state index contributed by atoms with van der Waals surface area (Å²) >= 11 is 0. The molecule has 2 rings (SSSR count). The van der Waals surface area contributed by atoms with E-state index < -0.39 is 5.97 Å². The maximum absolute atomic E-state index is 10.7. The summed E-state index contributed by atoms with van der Waals surface area (Å²) in [6, 6.07) is 0. The first-order valence-corrected chi connectivity index (χ1v) is 5.00. The average Bonchev–Trinajstić information content (AvgIpc) is 2.49. The van der Waals surface area contributed by atoms with E-state index in [1.54, 1.807) is 0 Å². The van der Waals surface area contributed by atoms with Crippen molar-refractivity contribution in [2.45, 2.75) is 38.5 Å². The smallest absolute Gasteiger partial charge is 0.306 e. The molecule has 0 aromatic rings. The lowest BCUT2D eigenvalue weighted by Gasteiger charge is -2.29. The van der Waals surface area contributed by atoms with Crippen LogP contribution in [0.15, 0.2) is 0 Å². The highest BCUT2D eigenvalue weighted by molar-refractivity contribution is 5.70. The SMILES string of the molecule is O=C(O)C1CCC2CCCC2C1. The Morgan fingerprint density at radius 2 is 1.83 bits per heavy atom. The third kappa shape index (κ3) is 1.35. The van der Waals surface area contributed by atoms with Crippen molar-refractivity contribution in [3.8, 4) is 0 Å². The van der Waals surface area contributed by atoms with E-state index in [0.717, 1.165) is 24.7 Å². The van der Waals surface area contributed by atoms with Crippen molar-refractivity contribution in [3.63, 3.8) is 0 Å². The van der Waals surface area contributed by atoms with E-state index in [2.05, 4.69) is 0 Å². The normalized spacial score (nSPS) is 40.8. The van der Waals surface area contributed by atoms with Crippen LogP contribution in [0.3, 0.4) is 0 Å². The van der Waals surface area contributed by atoms with Gasteiger partial charge in [0.15, 0.2) is 0 Å². The van der Waals surface area contributed by atoms with Crippen LogP contribution in [0, 0.1) is 17.8 Å². The van der Waals surface area contributed by atoms with Crippen molar-refractivity contribution in [3.05, 3.63) is 0 Å². The lowest BCUT2D eigenvalue weighted by molar-refractivity contribution is -0.143. The predicted octanol–water partition coefficient (Wildman–Crippen LogP) is 2.29. The number of hydrogen-bond acceptors (Lipinski definition) is 1. The van der Waals surface area contributed by atoms with E-state index in [4.69, 9.17) is 5.11 Å². The maximum Gasteiger partial charge on any atom is 0.306 e. The molecule has 0 aromatic heterocycles. The first-order valence-electron chi connectivity index (χ1n) is 5.00. The zero-order chi connectivity index (χ0) is 8.55. The van der Waals surface area contributed by atoms with E-state index in [0.29, 0.717) is 0 Å². The minimum Gasteiger partial charge on any atom is -0.481 e. The third-order valence-electron chi connectivity index (χ3n) is 3.64. The third-order valence-corrected chi connectivity index (χ3v) is 3.64. The molecular weight excluding hydrogens is 152 g/mol. The van der Waals surface area contributed by atoms with Gasteiger partial charge in [-0.2, -0.15) is 0 Å². The van der Waals surface area contributed by atoms with E-state index in [-0.39, 0.29) is 5.92 Å². The summed E-state index contributed by atoms with van der Waals surface area (Å²) in [5, 5.41) is 8.86. The molecule has 0 heterocycles. The van der Waals surface area contributed by atoms with Crippen LogP contribution in [0.2, 0.25) is 0 Å². The summed E-state index contributed by atoms with van der Waals surface area (Å²) in [6.45, 7) is 0. The Morgan fingerprint density at radius 3 is 2.58 bits per heavy atom. The van der Waals surface area contributed by atoms with Crippen molar-refractivity contribution in [2.24, 2.45) is 17.8 Å². The molecule has 0 amide bonds. The van der Waals surface area contributed by atoms with Crippen LogP contribution in [-0.2, 0) is 4.79 Å². The van der Waals surface area contributed by atoms with Crippen LogP contribution >= 0.6 is 0 Å². The Labute approximate surface area is 73.0 Å². The number of carboxylic acids is 1. The Bertz CT molecular complexity index is 188. The summed E-state index contributed by atoms with van der Waals surface area (Å²) in [7, 11) is 0. The van der Waals surface area contributed by atoms with Gasteiger partial charge >= 0.3 is 5.97 Å². The topological polar surface area (TPSA) is 37.3 Å². The van der Waals surface area contributed by atoms with Crippen LogP contribution in [0.25, 0.3) is 0 Å². The molecule has 2 saturated carbocycles. The van der Waals surface area contributed by atoms with Crippen LogP contribution in [0.1, 0.15) is 38.5 Å². The predicted molar refractivity (Wildman–Crippen MR) is 45.8 cm³/mol. The van der Waals surface area contributed by atoms with Crippen molar-refractivity contribution < 1.29 is 9.90 Å². The van der Waals surface area contributed by atoms with Gasteiger partial charge in [0, 0.05) is 0 Å². The Hall–Kier alpha value is -0.530. The van der Waals surface area contributed by atoms with Gasteiger partial charge in [0.2, 0.25) is 0 Å². The van der Waals surface area contributed by atoms with Gasteiger partial charge in [-0.3, -0.25) is 4.79 Å². The largest absolute Gasteiger partial charge is 0.481 e. The highest BCUT2D eigenvalue weighted by Gasteiger charge is 2.36. The summed E-state index contributed by atoms with van der Waals surface area (Å²) in [4.78, 5) is 10.7. The number of aliphatic carboxylic acids is 1. The lowest BCUT2D eigenvalue weighted by Crippen LogP contribution is -2.25. The maximum atomic E-state index is 10.7. The summed E-state index contributed by atoms with van der Waals surface area (Å²) in [6.07, 6.45) is 7.03. The molecule has 3 atom stereocenters. The highest BCUT2D eigenvalue weighted by Crippen LogP contribution is 2.44. The van der Waals surface area contributed by atoms with Gasteiger partial charge in [0.1, 0.15) is 0 Å². The van der Waals surface area contributed by atoms with Gasteiger partial charge in [-0.25, -0.2) is 0 Å². The monoisotopic (exact) mass is 168 g/mol. The molecule has 0 spiro atoms. The van der Waals surface area contributed by atoms with Crippen molar-refractivity contribution in [1.82, 2.24) is 0 Å². The molecule has 0 bridgehead atoms. The molecule has 2 fully saturated rings. The molecular formula is C10H16O2. The van der Waals surface area contributed by atoms with Gasteiger partial charge < -0.3 is 5.11 Å². The summed E-state index contributed by atoms with van der Waals surface area (Å²) < 4.78 is 0. The molecule has 2 nitrogen and oxygen atoms in total. The van der Waals surface area contributed by atoms with Crippen molar-refractivity contribution >= 4 is 5.97 Å². The second-order valence-electron chi connectivity index (χ2n) is 4.30. The number of hydrogen-bond donors (Lipinski definition) is 1. The molecule has 0 radical (unpaired) electrons. The van der Waals surface area contributed by atoms with Crippen molar-refractivity contribution in [1.29, 1.82) is 0 Å². The average molecular weight is 168 g/mol. The fraction of sp³-hybridized carbons (Fsp3) is 0.900. The molecule has 3 unspecified atom stereocenters. The molecule has 0 aromatic carbocycles. The van der Waals surface area contributed by atoms with Gasteiger partial charge in [0.25, 0.3) is 0 Å². The molecule has 0 aliphatic heterocycles. The van der Waals surface area contributed by atoms with Gasteiger partial charge in [-0.05, 0) is 31.1 Å². The number of rotatable bonds is 1. The fourth-order valence-corrected chi connectivity index (χ4v) is 2.93. The quantitative estimate of drug-likeness (QED) is 0.652. The molecule has 2 aliphatic rings. The fourth-order valence-electron chi connectivity index (χ4n) is 2.93. The lowest BCUT2D eigenvalue weighted by atomic mass is 9.76. The van der Waals surface area contributed by atoms with Crippen molar-refractivity contribution in [2.75, 3.05) is 0 Å². The van der Waals surface area contributed by atoms with Gasteiger partial charge in [0.05, 0.1) is 5.92 Å². The van der Waals surface area contributed by atoms with E-state index in [1.165, 1.54) is 25.7 Å². The van der Waals surface area contributed by atoms with Crippen LogP contribution in [0.4, 0.5) is 0 Å². The van der Waals surface area contributed by atoms with Gasteiger partial charge in [-0.1, -0.05) is 19.3 Å². The first-order chi connectivity index (χ1) is 5.77. The van der Waals surface area contributed by atoms with Gasteiger partial charge in [-0.15, -0.1) is 0 Å². The zero-order valence-corrected chi connectivity index (χ0v) is 7.33. The molecule has 12 heavy (non-hydrogen) atoms. The van der Waals surface area contributed by atoms with Crippen LogP contribution in [0.5, 0.6) is 0 Å². The van der Waals surface area contributed by atoms with E-state index in [1.807, 2.05) is 0 Å². The van der Waals surface area contributed by atoms with E-state index >= 15 is 0 Å². The number of carboxylic acid groups (broad SMARTS) is 1. The second-order valence-corrected chi connectivity index (χ2v) is 4.30. The molecule has 1 N–H and O–H groups in total. The first kappa shape index (κ1) is 8.09. The van der Waals surface area contributed by atoms with E-state index in [9.17, 15) is 4.79 Å². The summed E-state index contributed by atoms with van der Waals surface area (Å²) in [5.41, 5.74) is 0. The Kier molecular flexibility index (Phi) is 2.07. The molecule has 0 saturated heterocycles. The summed E-state index contributed by atoms with van der Waals surface area (Å²) in [5.74, 6) is 1.03. The standard InChI is InChI=1S/C10H16O2/c11-10(12)9-5-4-7-2-1-3-8(7)6-9/h7-9H,1-6H2,(H,11,12). The minimum absolute atomic E-state index is 0.0238. The highest BCUT2D eigenvalue weighted by atomic mass is 16.4. The molecule has 68 valence electrons. The number of fused-ring (bicyclic) bond motifs is 1. The zero-order valence-electron chi connectivity index (χ0n) is 7.33. The molecule has 2 aliphatic carbocycles. The second kappa shape index (κ2) is 3.08. The number of carbonyl (C=O) groups is 1. The minimum atomic E-state index is -0.569. The Balaban J connectivity index is 1.96.